The van der Waals surface area contributed by atoms with Crippen molar-refractivity contribution >= 4 is 5.69 Å². The summed E-state index contributed by atoms with van der Waals surface area (Å²) in [5, 5.41) is 10.3. The van der Waals surface area contributed by atoms with Crippen molar-refractivity contribution in [2.45, 2.75) is 56.1 Å². The maximum Gasteiger partial charge on any atom is 0.0695 e. The highest BCUT2D eigenvalue weighted by atomic mass is 16.3. The van der Waals surface area contributed by atoms with Crippen LogP contribution >= 0.6 is 0 Å². The van der Waals surface area contributed by atoms with E-state index in [4.69, 9.17) is 0 Å². The summed E-state index contributed by atoms with van der Waals surface area (Å²) in [5.41, 5.74) is 3.33. The number of rotatable bonds is 1. The molecule has 2 heterocycles. The van der Waals surface area contributed by atoms with Crippen molar-refractivity contribution in [3.8, 4) is 0 Å². The molecule has 3 nitrogen and oxygen atoms in total. The first-order chi connectivity index (χ1) is 10.7. The normalized spacial score (nSPS) is 31.5. The number of anilines is 1. The van der Waals surface area contributed by atoms with Gasteiger partial charge in [0.2, 0.25) is 0 Å². The van der Waals surface area contributed by atoms with Gasteiger partial charge in [0.15, 0.2) is 0 Å². The van der Waals surface area contributed by atoms with Gasteiger partial charge in [0, 0.05) is 30.7 Å². The summed E-state index contributed by atoms with van der Waals surface area (Å²) < 4.78 is 0. The molecular formula is C19H28N2O. The molecule has 0 unspecified atom stereocenters. The molecule has 2 aliphatic heterocycles. The smallest absolute Gasteiger partial charge is 0.0695 e. The second kappa shape index (κ2) is 5.54. The van der Waals surface area contributed by atoms with Gasteiger partial charge in [0.05, 0.1) is 6.10 Å². The van der Waals surface area contributed by atoms with E-state index in [1.165, 1.54) is 37.8 Å². The highest BCUT2D eigenvalue weighted by molar-refractivity contribution is 5.62. The van der Waals surface area contributed by atoms with Crippen molar-refractivity contribution in [1.29, 1.82) is 0 Å². The van der Waals surface area contributed by atoms with Gasteiger partial charge in [-0.25, -0.2) is 0 Å². The highest BCUT2D eigenvalue weighted by Gasteiger charge is 2.44. The minimum absolute atomic E-state index is 0.0960. The van der Waals surface area contributed by atoms with Crippen LogP contribution in [0.3, 0.4) is 0 Å². The van der Waals surface area contributed by atoms with Gasteiger partial charge in [-0.05, 0) is 50.4 Å². The Hall–Kier alpha value is -1.06. The van der Waals surface area contributed by atoms with Gasteiger partial charge in [0.1, 0.15) is 0 Å². The molecule has 3 heteroatoms. The minimum Gasteiger partial charge on any atom is -0.391 e. The van der Waals surface area contributed by atoms with Crippen LogP contribution in [0, 0.1) is 0 Å². The standard InChI is InChI=1S/C19H28N2O/c1-20-14-19(15-6-2-3-7-16(15)20)10-12-21(13-11-19)17-8-4-5-9-18(17)22/h2-3,6-7,17-18,22H,4-5,8-14H2,1H3/t17-,18-/m1/s1. The number of aliphatic hydroxyl groups excluding tert-OH is 1. The topological polar surface area (TPSA) is 26.7 Å². The fraction of sp³-hybridized carbons (Fsp3) is 0.684. The van der Waals surface area contributed by atoms with Gasteiger partial charge in [-0.2, -0.15) is 0 Å². The van der Waals surface area contributed by atoms with Crippen LogP contribution in [-0.2, 0) is 5.41 Å². The molecule has 0 amide bonds. The average molecular weight is 300 g/mol. The average Bonchev–Trinajstić information content (AvgIpc) is 2.82. The molecule has 0 aromatic heterocycles. The van der Waals surface area contributed by atoms with Crippen LogP contribution in [0.2, 0.25) is 0 Å². The Morgan fingerprint density at radius 2 is 1.82 bits per heavy atom. The molecule has 1 spiro atoms. The zero-order valence-electron chi connectivity index (χ0n) is 13.7. The van der Waals surface area contributed by atoms with Crippen LogP contribution in [0.25, 0.3) is 0 Å². The third-order valence-electron chi connectivity index (χ3n) is 6.34. The van der Waals surface area contributed by atoms with Crippen molar-refractivity contribution < 1.29 is 5.11 Å². The van der Waals surface area contributed by atoms with Gasteiger partial charge in [-0.3, -0.25) is 4.90 Å². The van der Waals surface area contributed by atoms with Gasteiger partial charge in [-0.15, -0.1) is 0 Å². The van der Waals surface area contributed by atoms with Crippen LogP contribution in [-0.4, -0.2) is 48.8 Å². The molecule has 2 atom stereocenters. The Bertz CT molecular complexity index is 536. The Morgan fingerprint density at radius 3 is 2.59 bits per heavy atom. The lowest BCUT2D eigenvalue weighted by atomic mass is 9.73. The molecule has 0 bridgehead atoms. The summed E-state index contributed by atoms with van der Waals surface area (Å²) in [6, 6.07) is 9.37. The fourth-order valence-electron chi connectivity index (χ4n) is 5.11. The van der Waals surface area contributed by atoms with E-state index >= 15 is 0 Å². The molecule has 120 valence electrons. The van der Waals surface area contributed by atoms with Gasteiger partial charge in [0.25, 0.3) is 0 Å². The van der Waals surface area contributed by atoms with E-state index < -0.39 is 0 Å². The van der Waals surface area contributed by atoms with Crippen LogP contribution in [0.1, 0.15) is 44.1 Å². The highest BCUT2D eigenvalue weighted by Crippen LogP contribution is 2.46. The first-order valence-electron chi connectivity index (χ1n) is 8.92. The first-order valence-corrected chi connectivity index (χ1v) is 8.92. The maximum atomic E-state index is 10.3. The molecule has 1 aromatic carbocycles. The summed E-state index contributed by atoms with van der Waals surface area (Å²) >= 11 is 0. The number of likely N-dealkylation sites (N-methyl/N-ethyl adjacent to an activating group) is 1. The molecule has 1 saturated heterocycles. The lowest BCUT2D eigenvalue weighted by molar-refractivity contribution is 0.00110. The lowest BCUT2D eigenvalue weighted by Gasteiger charge is -2.45. The molecule has 1 saturated carbocycles. The summed E-state index contributed by atoms with van der Waals surface area (Å²) in [4.78, 5) is 5.01. The van der Waals surface area contributed by atoms with E-state index in [0.29, 0.717) is 11.5 Å². The number of benzene rings is 1. The summed E-state index contributed by atoms with van der Waals surface area (Å²) in [5.74, 6) is 0. The Morgan fingerprint density at radius 1 is 1.09 bits per heavy atom. The predicted octanol–water partition coefficient (Wildman–Crippen LogP) is 2.77. The van der Waals surface area contributed by atoms with Crippen LogP contribution in [0.5, 0.6) is 0 Å². The lowest BCUT2D eigenvalue weighted by Crippen LogP contribution is -2.52. The van der Waals surface area contributed by atoms with Crippen LogP contribution in [0.15, 0.2) is 24.3 Å². The predicted molar refractivity (Wildman–Crippen MR) is 90.5 cm³/mol. The number of fused-ring (bicyclic) bond motifs is 2. The van der Waals surface area contributed by atoms with E-state index in [2.05, 4.69) is 41.1 Å². The third-order valence-corrected chi connectivity index (χ3v) is 6.34. The number of nitrogens with zero attached hydrogens (tertiary/aromatic N) is 2. The minimum atomic E-state index is -0.0960. The number of hydrogen-bond donors (Lipinski definition) is 1. The SMILES string of the molecule is CN1CC2(CCN([C@@H]3CCCC[C@H]3O)CC2)c2ccccc21. The first kappa shape index (κ1) is 14.5. The zero-order valence-corrected chi connectivity index (χ0v) is 13.7. The molecule has 3 aliphatic rings. The monoisotopic (exact) mass is 300 g/mol. The molecule has 1 N–H and O–H groups in total. The summed E-state index contributed by atoms with van der Waals surface area (Å²) in [6.45, 7) is 3.45. The fourth-order valence-corrected chi connectivity index (χ4v) is 5.11. The van der Waals surface area contributed by atoms with E-state index in [0.717, 1.165) is 26.1 Å². The Labute approximate surface area is 133 Å². The van der Waals surface area contributed by atoms with Gasteiger partial charge in [-0.1, -0.05) is 31.0 Å². The Kier molecular flexibility index (Phi) is 3.66. The largest absolute Gasteiger partial charge is 0.391 e. The van der Waals surface area contributed by atoms with Crippen molar-refractivity contribution in [2.75, 3.05) is 31.6 Å². The molecule has 22 heavy (non-hydrogen) atoms. The van der Waals surface area contributed by atoms with E-state index in [1.54, 1.807) is 5.56 Å². The second-order valence-electron chi connectivity index (χ2n) is 7.61. The van der Waals surface area contributed by atoms with Crippen molar-refractivity contribution in [2.24, 2.45) is 0 Å². The summed E-state index contributed by atoms with van der Waals surface area (Å²) in [6.07, 6.45) is 7.04. The molecular weight excluding hydrogens is 272 g/mol. The molecule has 0 radical (unpaired) electrons. The van der Waals surface area contributed by atoms with E-state index in [9.17, 15) is 5.11 Å². The van der Waals surface area contributed by atoms with Gasteiger partial charge >= 0.3 is 0 Å². The number of hydrogen-bond acceptors (Lipinski definition) is 3. The second-order valence-corrected chi connectivity index (χ2v) is 7.61. The zero-order chi connectivity index (χ0) is 15.2. The Balaban J connectivity index is 1.50. The van der Waals surface area contributed by atoms with Crippen molar-refractivity contribution in [3.63, 3.8) is 0 Å². The third kappa shape index (κ3) is 2.26. The molecule has 4 rings (SSSR count). The van der Waals surface area contributed by atoms with E-state index in [1.807, 2.05) is 0 Å². The maximum absolute atomic E-state index is 10.3. The summed E-state index contributed by atoms with van der Waals surface area (Å²) in [7, 11) is 2.23. The van der Waals surface area contributed by atoms with E-state index in [-0.39, 0.29) is 6.10 Å². The van der Waals surface area contributed by atoms with Crippen LogP contribution < -0.4 is 4.90 Å². The van der Waals surface area contributed by atoms with Crippen molar-refractivity contribution in [1.82, 2.24) is 4.90 Å². The molecule has 1 aromatic rings. The number of aliphatic hydroxyl groups is 1. The van der Waals surface area contributed by atoms with Crippen LogP contribution in [0.4, 0.5) is 5.69 Å². The van der Waals surface area contributed by atoms with Gasteiger partial charge < -0.3 is 10.0 Å². The number of para-hydroxylation sites is 1. The molecule has 2 fully saturated rings. The quantitative estimate of drug-likeness (QED) is 0.864. The number of likely N-dealkylation sites (tertiary alicyclic amines) is 1. The van der Waals surface area contributed by atoms with Crippen molar-refractivity contribution in [3.05, 3.63) is 29.8 Å². The molecule has 1 aliphatic carbocycles. The number of piperidine rings is 1.